The fourth-order valence-corrected chi connectivity index (χ4v) is 2.66. The van der Waals surface area contributed by atoms with E-state index in [1.807, 2.05) is 30.3 Å². The van der Waals surface area contributed by atoms with E-state index < -0.39 is 11.2 Å². The van der Waals surface area contributed by atoms with E-state index in [0.717, 1.165) is 10.6 Å². The van der Waals surface area contributed by atoms with Gasteiger partial charge in [-0.3, -0.25) is 0 Å². The summed E-state index contributed by atoms with van der Waals surface area (Å²) < 4.78 is 0.706. The minimum Gasteiger partial charge on any atom is -0.622 e. The van der Waals surface area contributed by atoms with Crippen molar-refractivity contribution in [3.05, 3.63) is 41.1 Å². The van der Waals surface area contributed by atoms with Crippen LogP contribution in [0.1, 0.15) is 33.3 Å². The van der Waals surface area contributed by atoms with E-state index in [-0.39, 0.29) is 5.71 Å². The van der Waals surface area contributed by atoms with Crippen molar-refractivity contribution >= 4 is 11.4 Å². The minimum absolute atomic E-state index is 0.119. The fraction of sp³-hybridized carbons (Fsp3) is 0.429. The van der Waals surface area contributed by atoms with E-state index >= 15 is 0 Å². The van der Waals surface area contributed by atoms with Crippen LogP contribution in [0.15, 0.2) is 35.5 Å². The molecule has 2 rings (SSSR count). The molecule has 1 aromatic rings. The van der Waals surface area contributed by atoms with Crippen LogP contribution in [0.2, 0.25) is 0 Å². The number of rotatable bonds is 2. The molecule has 0 aromatic heterocycles. The maximum atomic E-state index is 12.7. The van der Waals surface area contributed by atoms with E-state index in [1.165, 1.54) is 13.8 Å². The lowest BCUT2D eigenvalue weighted by Crippen LogP contribution is -2.57. The van der Waals surface area contributed by atoms with Crippen LogP contribution in [0.25, 0.3) is 0 Å². The number of nitrogens with zero attached hydrogens (tertiary/aromatic N) is 3. The van der Waals surface area contributed by atoms with Crippen LogP contribution in [0, 0.1) is 5.21 Å². The summed E-state index contributed by atoms with van der Waals surface area (Å²) in [5.74, 6) is 0. The first-order valence-corrected chi connectivity index (χ1v) is 6.36. The zero-order chi connectivity index (χ0) is 15.1. The molecule has 20 heavy (non-hydrogen) atoms. The van der Waals surface area contributed by atoms with Crippen molar-refractivity contribution in [3.8, 4) is 0 Å². The van der Waals surface area contributed by atoms with E-state index in [9.17, 15) is 10.4 Å². The molecule has 0 saturated carbocycles. The molecule has 1 aromatic carbocycles. The lowest BCUT2D eigenvalue weighted by Gasteiger charge is -2.32. The number of hydrogen-bond acceptors (Lipinski definition) is 5. The van der Waals surface area contributed by atoms with Gasteiger partial charge in [0, 0.05) is 12.5 Å². The van der Waals surface area contributed by atoms with Gasteiger partial charge >= 0.3 is 0 Å². The SMILES string of the molecule is CC(=NO)C1(C)N(O)C(C)(C)C(c2ccccc2)=[N+]1[O-]. The summed E-state index contributed by atoms with van der Waals surface area (Å²) in [6, 6.07) is 9.14. The molecule has 1 atom stereocenters. The molecule has 1 unspecified atom stereocenters. The van der Waals surface area contributed by atoms with Gasteiger partial charge in [-0.15, -0.1) is 5.06 Å². The van der Waals surface area contributed by atoms with Crippen molar-refractivity contribution in [3.63, 3.8) is 0 Å². The second-order valence-electron chi connectivity index (χ2n) is 5.59. The van der Waals surface area contributed by atoms with E-state index in [2.05, 4.69) is 5.16 Å². The average Bonchev–Trinajstić information content (AvgIpc) is 2.58. The summed E-state index contributed by atoms with van der Waals surface area (Å²) in [7, 11) is 0. The minimum atomic E-state index is -1.44. The molecule has 1 aliphatic rings. The molecular weight excluding hydrogens is 258 g/mol. The number of hydroxylamine groups is 3. The second-order valence-corrected chi connectivity index (χ2v) is 5.59. The Hall–Kier alpha value is -1.92. The number of oxime groups is 1. The Bertz CT molecular complexity index is 581. The Morgan fingerprint density at radius 2 is 1.80 bits per heavy atom. The summed E-state index contributed by atoms with van der Waals surface area (Å²) in [5, 5.41) is 36.2. The lowest BCUT2D eigenvalue weighted by molar-refractivity contribution is -0.560. The van der Waals surface area contributed by atoms with Crippen molar-refractivity contribution in [1.29, 1.82) is 0 Å². The molecule has 0 aliphatic carbocycles. The Labute approximate surface area is 117 Å². The summed E-state index contributed by atoms with van der Waals surface area (Å²) >= 11 is 0. The molecule has 6 heteroatoms. The van der Waals surface area contributed by atoms with Gasteiger partial charge in [0.15, 0.2) is 0 Å². The smallest absolute Gasteiger partial charge is 0.290 e. The van der Waals surface area contributed by atoms with Crippen molar-refractivity contribution in [2.75, 3.05) is 0 Å². The molecule has 6 nitrogen and oxygen atoms in total. The van der Waals surface area contributed by atoms with Gasteiger partial charge in [-0.2, -0.15) is 4.74 Å². The molecule has 1 heterocycles. The van der Waals surface area contributed by atoms with Crippen LogP contribution < -0.4 is 0 Å². The molecule has 0 saturated heterocycles. The van der Waals surface area contributed by atoms with E-state index in [1.54, 1.807) is 13.8 Å². The third kappa shape index (κ3) is 1.72. The maximum Gasteiger partial charge on any atom is 0.290 e. The van der Waals surface area contributed by atoms with Crippen molar-refractivity contribution in [1.82, 2.24) is 5.06 Å². The average molecular weight is 277 g/mol. The van der Waals surface area contributed by atoms with Crippen molar-refractivity contribution in [2.24, 2.45) is 5.16 Å². The largest absolute Gasteiger partial charge is 0.622 e. The lowest BCUT2D eigenvalue weighted by atomic mass is 9.92. The first-order valence-electron chi connectivity index (χ1n) is 6.36. The van der Waals surface area contributed by atoms with Crippen LogP contribution >= 0.6 is 0 Å². The predicted octanol–water partition coefficient (Wildman–Crippen LogP) is 2.04. The molecule has 0 bridgehead atoms. The molecule has 0 radical (unpaired) electrons. The molecular formula is C14H19N3O3. The highest BCUT2D eigenvalue weighted by atomic mass is 16.6. The summed E-state index contributed by atoms with van der Waals surface area (Å²) in [4.78, 5) is 0. The highest BCUT2D eigenvalue weighted by molar-refractivity contribution is 6.06. The zero-order valence-electron chi connectivity index (χ0n) is 12.0. The molecule has 2 N–H and O–H groups in total. The topological polar surface area (TPSA) is 82.1 Å². The zero-order valence-corrected chi connectivity index (χ0v) is 12.0. The normalized spacial score (nSPS) is 27.1. The monoisotopic (exact) mass is 277 g/mol. The number of benzene rings is 1. The third-order valence-electron chi connectivity index (χ3n) is 4.00. The Kier molecular flexibility index (Phi) is 3.31. The van der Waals surface area contributed by atoms with Crippen LogP contribution in [0.5, 0.6) is 0 Å². The van der Waals surface area contributed by atoms with Crippen LogP contribution in [0.3, 0.4) is 0 Å². The maximum absolute atomic E-state index is 12.7. The van der Waals surface area contributed by atoms with Gasteiger partial charge in [0.25, 0.3) is 5.66 Å². The molecule has 0 spiro atoms. The van der Waals surface area contributed by atoms with Crippen LogP contribution in [0.4, 0.5) is 0 Å². The van der Waals surface area contributed by atoms with E-state index in [0.29, 0.717) is 10.5 Å². The first-order chi connectivity index (χ1) is 9.27. The molecule has 0 fully saturated rings. The van der Waals surface area contributed by atoms with Gasteiger partial charge in [0.2, 0.25) is 5.71 Å². The number of hydrogen-bond donors (Lipinski definition) is 2. The van der Waals surface area contributed by atoms with Gasteiger partial charge in [0.05, 0.1) is 0 Å². The van der Waals surface area contributed by atoms with Gasteiger partial charge < -0.3 is 15.6 Å². The molecule has 108 valence electrons. The standard InChI is InChI=1S/C14H19N3O3/c1-10(15-18)14(4)16(19)12(13(2,3)17(14)20)11-8-6-5-7-9-11/h5-9,18,20H,1-4H3. The second kappa shape index (κ2) is 4.57. The Balaban J connectivity index is 2.71. The van der Waals surface area contributed by atoms with Crippen molar-refractivity contribution < 1.29 is 15.2 Å². The Morgan fingerprint density at radius 3 is 2.30 bits per heavy atom. The van der Waals surface area contributed by atoms with Gasteiger partial charge in [-0.25, -0.2) is 0 Å². The highest BCUT2D eigenvalue weighted by Gasteiger charge is 2.61. The van der Waals surface area contributed by atoms with Gasteiger partial charge in [0.1, 0.15) is 11.3 Å². The highest BCUT2D eigenvalue weighted by Crippen LogP contribution is 2.35. The summed E-state index contributed by atoms with van der Waals surface area (Å²) in [6.07, 6.45) is 0. The summed E-state index contributed by atoms with van der Waals surface area (Å²) in [6.45, 7) is 6.51. The van der Waals surface area contributed by atoms with Crippen LogP contribution in [-0.4, -0.2) is 42.8 Å². The summed E-state index contributed by atoms with van der Waals surface area (Å²) in [5.41, 5.74) is -1.09. The molecule has 1 aliphatic heterocycles. The first kappa shape index (κ1) is 14.5. The fourth-order valence-electron chi connectivity index (χ4n) is 2.66. The van der Waals surface area contributed by atoms with Gasteiger partial charge in [-0.1, -0.05) is 23.4 Å². The van der Waals surface area contributed by atoms with Gasteiger partial charge in [-0.05, 0) is 32.9 Å². The Morgan fingerprint density at radius 1 is 1.25 bits per heavy atom. The molecule has 0 amide bonds. The van der Waals surface area contributed by atoms with Crippen LogP contribution in [-0.2, 0) is 0 Å². The third-order valence-corrected chi connectivity index (χ3v) is 4.00. The predicted molar refractivity (Wildman–Crippen MR) is 75.2 cm³/mol. The van der Waals surface area contributed by atoms with E-state index in [4.69, 9.17) is 5.21 Å². The quantitative estimate of drug-likeness (QED) is 0.285. The van der Waals surface area contributed by atoms with Crippen molar-refractivity contribution in [2.45, 2.75) is 38.9 Å².